The average molecular weight is 275 g/mol. The summed E-state index contributed by atoms with van der Waals surface area (Å²) in [5.41, 5.74) is 2.23. The van der Waals surface area contributed by atoms with Crippen molar-refractivity contribution in [2.75, 3.05) is 6.54 Å². The van der Waals surface area contributed by atoms with Crippen molar-refractivity contribution in [2.45, 2.75) is 32.7 Å². The highest BCUT2D eigenvalue weighted by atomic mass is 32.1. The third-order valence-corrected chi connectivity index (χ3v) is 4.80. The zero-order valence-electron chi connectivity index (χ0n) is 11.2. The number of nitrogens with zero attached hydrogens (tertiary/aromatic N) is 1. The number of carbonyl (C=O) groups excluding carboxylic acids is 1. The molecule has 0 bridgehead atoms. The number of thiophene rings is 1. The predicted octanol–water partition coefficient (Wildman–Crippen LogP) is 3.80. The van der Waals surface area contributed by atoms with Gasteiger partial charge in [-0.25, -0.2) is 0 Å². The summed E-state index contributed by atoms with van der Waals surface area (Å²) in [4.78, 5) is 16.0. The van der Waals surface area contributed by atoms with Gasteiger partial charge in [0.25, 0.3) is 5.91 Å². The molecule has 19 heavy (non-hydrogen) atoms. The van der Waals surface area contributed by atoms with E-state index in [-0.39, 0.29) is 11.9 Å². The Hall–Kier alpha value is -1.55. The van der Waals surface area contributed by atoms with Gasteiger partial charge in [-0.2, -0.15) is 0 Å². The number of furan rings is 1. The molecule has 0 radical (unpaired) electrons. The van der Waals surface area contributed by atoms with E-state index in [9.17, 15) is 4.79 Å². The smallest absolute Gasteiger partial charge is 0.290 e. The molecule has 100 valence electrons. The van der Waals surface area contributed by atoms with Crippen LogP contribution in [0.15, 0.2) is 28.2 Å². The highest BCUT2D eigenvalue weighted by Crippen LogP contribution is 2.36. The van der Waals surface area contributed by atoms with E-state index in [1.165, 1.54) is 10.4 Å². The predicted molar refractivity (Wildman–Crippen MR) is 75.5 cm³/mol. The summed E-state index contributed by atoms with van der Waals surface area (Å²) in [5, 5.41) is 2.12. The number of aryl methyl sites for hydroxylation is 1. The van der Waals surface area contributed by atoms with Crippen LogP contribution in [0.5, 0.6) is 0 Å². The molecule has 1 aliphatic rings. The maximum Gasteiger partial charge on any atom is 0.290 e. The Kier molecular flexibility index (Phi) is 3.19. The van der Waals surface area contributed by atoms with Gasteiger partial charge in [0, 0.05) is 17.0 Å². The van der Waals surface area contributed by atoms with Gasteiger partial charge in [-0.1, -0.05) is 6.92 Å². The van der Waals surface area contributed by atoms with Gasteiger partial charge in [-0.05, 0) is 42.8 Å². The number of fused-ring (bicyclic) bond motifs is 1. The van der Waals surface area contributed by atoms with Gasteiger partial charge >= 0.3 is 0 Å². The molecule has 3 heterocycles. The third kappa shape index (κ3) is 2.00. The Labute approximate surface area is 116 Å². The lowest BCUT2D eigenvalue weighted by Gasteiger charge is -2.35. The summed E-state index contributed by atoms with van der Waals surface area (Å²) in [6, 6.07) is 4.18. The molecule has 2 aromatic rings. The molecule has 1 amide bonds. The summed E-state index contributed by atoms with van der Waals surface area (Å²) in [6.07, 6.45) is 3.48. The molecule has 3 rings (SSSR count). The summed E-state index contributed by atoms with van der Waals surface area (Å²) in [5.74, 6) is 0.503. The maximum absolute atomic E-state index is 12.6. The highest BCUT2D eigenvalue weighted by Gasteiger charge is 2.32. The van der Waals surface area contributed by atoms with E-state index >= 15 is 0 Å². The van der Waals surface area contributed by atoms with Crippen molar-refractivity contribution in [3.05, 3.63) is 45.5 Å². The molecule has 3 nitrogen and oxygen atoms in total. The number of hydrogen-bond donors (Lipinski definition) is 0. The molecule has 2 aromatic heterocycles. The number of rotatable bonds is 2. The second kappa shape index (κ2) is 4.85. The molecule has 1 aliphatic heterocycles. The first-order valence-corrected chi connectivity index (χ1v) is 7.51. The molecule has 0 saturated heterocycles. The molecule has 0 aromatic carbocycles. The van der Waals surface area contributed by atoms with Crippen LogP contribution in [0.4, 0.5) is 0 Å². The fourth-order valence-electron chi connectivity index (χ4n) is 2.80. The van der Waals surface area contributed by atoms with E-state index in [0.29, 0.717) is 5.76 Å². The van der Waals surface area contributed by atoms with Crippen molar-refractivity contribution < 1.29 is 9.21 Å². The first-order chi connectivity index (χ1) is 9.22. The molecule has 0 aliphatic carbocycles. The quantitative estimate of drug-likeness (QED) is 0.835. The van der Waals surface area contributed by atoms with Gasteiger partial charge in [0.15, 0.2) is 5.76 Å². The normalized spacial score (nSPS) is 18.4. The minimum atomic E-state index is 0.0196. The minimum absolute atomic E-state index is 0.0196. The summed E-state index contributed by atoms with van der Waals surface area (Å²) in [7, 11) is 0. The molecule has 4 heteroatoms. The van der Waals surface area contributed by atoms with Crippen LogP contribution in [0.25, 0.3) is 0 Å². The Balaban J connectivity index is 1.94. The SMILES string of the molecule is CC[C@H]1c2ccsc2CCN1C(=O)c1occc1C. The lowest BCUT2D eigenvalue weighted by molar-refractivity contribution is 0.0623. The van der Waals surface area contributed by atoms with Crippen LogP contribution in [-0.2, 0) is 6.42 Å². The Morgan fingerprint density at radius 2 is 2.37 bits per heavy atom. The van der Waals surface area contributed by atoms with Gasteiger partial charge in [0.05, 0.1) is 12.3 Å². The van der Waals surface area contributed by atoms with Crippen LogP contribution in [0.1, 0.15) is 45.9 Å². The second-order valence-electron chi connectivity index (χ2n) is 4.90. The zero-order valence-corrected chi connectivity index (χ0v) is 12.0. The van der Waals surface area contributed by atoms with Crippen LogP contribution in [0.2, 0.25) is 0 Å². The standard InChI is InChI=1S/C15H17NO2S/c1-3-12-11-6-9-19-13(11)4-7-16(12)15(17)14-10(2)5-8-18-14/h5-6,8-9,12H,3-4,7H2,1-2H3/t12-/m0/s1. The molecule has 0 saturated carbocycles. The fraction of sp³-hybridized carbons (Fsp3) is 0.400. The van der Waals surface area contributed by atoms with Crippen molar-refractivity contribution in [3.63, 3.8) is 0 Å². The average Bonchev–Trinajstić information content (AvgIpc) is 3.04. The maximum atomic E-state index is 12.6. The molecular weight excluding hydrogens is 258 g/mol. The lowest BCUT2D eigenvalue weighted by Crippen LogP contribution is -2.39. The van der Waals surface area contributed by atoms with Crippen molar-refractivity contribution in [1.29, 1.82) is 0 Å². The Bertz CT molecular complexity index is 599. The largest absolute Gasteiger partial charge is 0.459 e. The summed E-state index contributed by atoms with van der Waals surface area (Å²) >= 11 is 1.80. The van der Waals surface area contributed by atoms with Crippen LogP contribution in [0, 0.1) is 6.92 Å². The summed E-state index contributed by atoms with van der Waals surface area (Å²) < 4.78 is 5.35. The van der Waals surface area contributed by atoms with E-state index in [1.54, 1.807) is 17.6 Å². The van der Waals surface area contributed by atoms with Crippen LogP contribution in [-0.4, -0.2) is 17.4 Å². The van der Waals surface area contributed by atoms with Crippen molar-refractivity contribution in [3.8, 4) is 0 Å². The third-order valence-electron chi connectivity index (χ3n) is 3.80. The van der Waals surface area contributed by atoms with Crippen molar-refractivity contribution in [1.82, 2.24) is 4.90 Å². The number of carbonyl (C=O) groups is 1. The number of amides is 1. The molecule has 1 atom stereocenters. The van der Waals surface area contributed by atoms with E-state index < -0.39 is 0 Å². The van der Waals surface area contributed by atoms with E-state index in [2.05, 4.69) is 18.4 Å². The first kappa shape index (κ1) is 12.5. The summed E-state index contributed by atoms with van der Waals surface area (Å²) in [6.45, 7) is 4.83. The van der Waals surface area contributed by atoms with Crippen LogP contribution < -0.4 is 0 Å². The topological polar surface area (TPSA) is 33.5 Å². The molecule has 0 spiro atoms. The van der Waals surface area contributed by atoms with Gasteiger partial charge in [0.2, 0.25) is 0 Å². The van der Waals surface area contributed by atoms with E-state index in [1.807, 2.05) is 17.9 Å². The highest BCUT2D eigenvalue weighted by molar-refractivity contribution is 7.10. The van der Waals surface area contributed by atoms with Crippen molar-refractivity contribution in [2.24, 2.45) is 0 Å². The molecule has 0 unspecified atom stereocenters. The number of hydrogen-bond acceptors (Lipinski definition) is 3. The lowest BCUT2D eigenvalue weighted by atomic mass is 9.97. The molecular formula is C15H17NO2S. The van der Waals surface area contributed by atoms with Crippen LogP contribution in [0.3, 0.4) is 0 Å². The second-order valence-corrected chi connectivity index (χ2v) is 5.91. The monoisotopic (exact) mass is 275 g/mol. The zero-order chi connectivity index (χ0) is 13.4. The minimum Gasteiger partial charge on any atom is -0.459 e. The molecule has 0 fully saturated rings. The van der Waals surface area contributed by atoms with E-state index in [4.69, 9.17) is 4.42 Å². The van der Waals surface area contributed by atoms with Gasteiger partial charge in [-0.15, -0.1) is 11.3 Å². The molecule has 0 N–H and O–H groups in total. The van der Waals surface area contributed by atoms with E-state index in [0.717, 1.165) is 24.9 Å². The van der Waals surface area contributed by atoms with Gasteiger partial charge < -0.3 is 9.32 Å². The van der Waals surface area contributed by atoms with Crippen molar-refractivity contribution >= 4 is 17.2 Å². The Morgan fingerprint density at radius 3 is 3.05 bits per heavy atom. The van der Waals surface area contributed by atoms with Gasteiger partial charge in [0.1, 0.15) is 0 Å². The van der Waals surface area contributed by atoms with Crippen LogP contribution >= 0.6 is 11.3 Å². The fourth-order valence-corrected chi connectivity index (χ4v) is 3.73. The first-order valence-electron chi connectivity index (χ1n) is 6.63. The Morgan fingerprint density at radius 1 is 1.53 bits per heavy atom. The van der Waals surface area contributed by atoms with Gasteiger partial charge in [-0.3, -0.25) is 4.79 Å².